The molecule has 0 aliphatic heterocycles. The fourth-order valence-corrected chi connectivity index (χ4v) is 4.26. The first kappa shape index (κ1) is 18.3. The Balaban J connectivity index is 1.79. The van der Waals surface area contributed by atoms with Crippen LogP contribution in [0.3, 0.4) is 0 Å². The summed E-state index contributed by atoms with van der Waals surface area (Å²) in [5, 5.41) is 0.613. The molecular weight excluding hydrogens is 373 g/mol. The number of halogens is 1. The number of nitrogens with zero attached hydrogens (tertiary/aromatic N) is 3. The third-order valence-corrected chi connectivity index (χ3v) is 5.47. The number of fused-ring (bicyclic) bond motifs is 1. The highest BCUT2D eigenvalue weighted by molar-refractivity contribution is 7.22. The molecule has 0 N–H and O–H groups in total. The monoisotopic (exact) mass is 391 g/mol. The van der Waals surface area contributed by atoms with Gasteiger partial charge in [-0.3, -0.25) is 14.7 Å². The number of thiazole rings is 1. The van der Waals surface area contributed by atoms with Gasteiger partial charge in [-0.1, -0.05) is 23.5 Å². The van der Waals surface area contributed by atoms with Gasteiger partial charge >= 0.3 is 0 Å². The van der Waals surface area contributed by atoms with Crippen molar-refractivity contribution in [3.05, 3.63) is 89.0 Å². The van der Waals surface area contributed by atoms with E-state index in [0.29, 0.717) is 17.2 Å². The highest BCUT2D eigenvalue weighted by Crippen LogP contribution is 2.33. The first-order valence-corrected chi connectivity index (χ1v) is 9.67. The van der Waals surface area contributed by atoms with Gasteiger partial charge < -0.3 is 0 Å². The fourth-order valence-electron chi connectivity index (χ4n) is 3.12. The predicted molar refractivity (Wildman–Crippen MR) is 110 cm³/mol. The Kier molecular flexibility index (Phi) is 4.88. The van der Waals surface area contributed by atoms with Crippen molar-refractivity contribution >= 4 is 32.6 Å². The average molecular weight is 391 g/mol. The number of pyridine rings is 1. The van der Waals surface area contributed by atoms with E-state index in [9.17, 15) is 9.18 Å². The Hall–Kier alpha value is -3.12. The summed E-state index contributed by atoms with van der Waals surface area (Å²) in [6.45, 7) is 4.40. The molecule has 0 aliphatic carbocycles. The van der Waals surface area contributed by atoms with E-state index in [0.717, 1.165) is 26.9 Å². The molecule has 4 aromatic rings. The lowest BCUT2D eigenvalue weighted by molar-refractivity contribution is 0.0985. The van der Waals surface area contributed by atoms with Crippen molar-refractivity contribution in [2.75, 3.05) is 4.90 Å². The van der Waals surface area contributed by atoms with Crippen LogP contribution in [0.5, 0.6) is 0 Å². The number of anilines is 1. The molecule has 0 bridgehead atoms. The molecule has 0 fully saturated rings. The standard InChI is InChI=1S/C22H18FN3OS/c1-14-10-15(2)20-19(11-14)28-22(25-20)26(13-16-4-3-9-24-12-16)21(27)17-5-7-18(23)8-6-17/h3-12H,13H2,1-2H3. The number of carbonyl (C=O) groups is 1. The Morgan fingerprint density at radius 3 is 2.64 bits per heavy atom. The first-order chi connectivity index (χ1) is 13.5. The average Bonchev–Trinajstić information content (AvgIpc) is 3.11. The van der Waals surface area contributed by atoms with Gasteiger partial charge in [0, 0.05) is 18.0 Å². The van der Waals surface area contributed by atoms with Gasteiger partial charge in [0.05, 0.1) is 16.8 Å². The van der Waals surface area contributed by atoms with Gasteiger partial charge in [0.2, 0.25) is 0 Å². The van der Waals surface area contributed by atoms with E-state index in [1.807, 2.05) is 26.0 Å². The SMILES string of the molecule is Cc1cc(C)c2nc(N(Cc3cccnc3)C(=O)c3ccc(F)cc3)sc2c1. The molecule has 2 aromatic carbocycles. The van der Waals surface area contributed by atoms with E-state index in [1.165, 1.54) is 35.6 Å². The largest absolute Gasteiger partial charge is 0.279 e. The smallest absolute Gasteiger partial charge is 0.260 e. The van der Waals surface area contributed by atoms with Crippen LogP contribution < -0.4 is 4.90 Å². The van der Waals surface area contributed by atoms with Crippen LogP contribution in [0.4, 0.5) is 9.52 Å². The Morgan fingerprint density at radius 2 is 1.93 bits per heavy atom. The van der Waals surface area contributed by atoms with Crippen molar-refractivity contribution in [1.29, 1.82) is 0 Å². The van der Waals surface area contributed by atoms with Gasteiger partial charge in [0.15, 0.2) is 5.13 Å². The minimum Gasteiger partial charge on any atom is -0.279 e. The minimum absolute atomic E-state index is 0.225. The van der Waals surface area contributed by atoms with Crippen molar-refractivity contribution in [2.45, 2.75) is 20.4 Å². The topological polar surface area (TPSA) is 46.1 Å². The number of carbonyl (C=O) groups excluding carboxylic acids is 1. The van der Waals surface area contributed by atoms with Crippen molar-refractivity contribution in [3.8, 4) is 0 Å². The quantitative estimate of drug-likeness (QED) is 0.475. The lowest BCUT2D eigenvalue weighted by Crippen LogP contribution is -2.30. The summed E-state index contributed by atoms with van der Waals surface area (Å²) in [5.41, 5.74) is 4.44. The molecule has 0 radical (unpaired) electrons. The zero-order valence-electron chi connectivity index (χ0n) is 15.5. The van der Waals surface area contributed by atoms with Crippen LogP contribution in [0.15, 0.2) is 60.9 Å². The van der Waals surface area contributed by atoms with Crippen molar-refractivity contribution in [2.24, 2.45) is 0 Å². The molecule has 0 unspecified atom stereocenters. The maximum atomic E-state index is 13.3. The van der Waals surface area contributed by atoms with Gasteiger partial charge in [-0.15, -0.1) is 0 Å². The normalized spacial score (nSPS) is 11.0. The van der Waals surface area contributed by atoms with Gasteiger partial charge in [0.25, 0.3) is 5.91 Å². The molecular formula is C22H18FN3OS. The molecule has 0 saturated carbocycles. The second-order valence-electron chi connectivity index (χ2n) is 6.68. The van der Waals surface area contributed by atoms with E-state index in [1.54, 1.807) is 17.3 Å². The summed E-state index contributed by atoms with van der Waals surface area (Å²) in [5.74, 6) is -0.598. The summed E-state index contributed by atoms with van der Waals surface area (Å²) in [4.78, 5) is 23.8. The fraction of sp³-hybridized carbons (Fsp3) is 0.136. The third kappa shape index (κ3) is 3.64. The summed E-state index contributed by atoms with van der Waals surface area (Å²) < 4.78 is 14.3. The predicted octanol–water partition coefficient (Wildman–Crippen LogP) is 5.29. The van der Waals surface area contributed by atoms with Crippen LogP contribution >= 0.6 is 11.3 Å². The number of aromatic nitrogens is 2. The van der Waals surface area contributed by atoms with Crippen LogP contribution in [0.1, 0.15) is 27.0 Å². The van der Waals surface area contributed by atoms with Crippen molar-refractivity contribution < 1.29 is 9.18 Å². The first-order valence-electron chi connectivity index (χ1n) is 8.85. The third-order valence-electron chi connectivity index (χ3n) is 4.45. The Morgan fingerprint density at radius 1 is 1.14 bits per heavy atom. The summed E-state index contributed by atoms with van der Waals surface area (Å²) in [7, 11) is 0. The van der Waals surface area contributed by atoms with Crippen molar-refractivity contribution in [3.63, 3.8) is 0 Å². The van der Waals surface area contributed by atoms with E-state index in [4.69, 9.17) is 4.98 Å². The molecule has 140 valence electrons. The molecule has 0 saturated heterocycles. The maximum absolute atomic E-state index is 13.3. The van der Waals surface area contributed by atoms with Crippen LogP contribution in [-0.2, 0) is 6.54 Å². The van der Waals surface area contributed by atoms with Crippen LogP contribution in [0, 0.1) is 19.7 Å². The number of aryl methyl sites for hydroxylation is 2. The molecule has 4 rings (SSSR count). The molecule has 0 atom stereocenters. The van der Waals surface area contributed by atoms with Gasteiger partial charge in [-0.25, -0.2) is 9.37 Å². The molecule has 0 spiro atoms. The number of amides is 1. The zero-order chi connectivity index (χ0) is 19.7. The van der Waals surface area contributed by atoms with Crippen LogP contribution in [0.2, 0.25) is 0 Å². The minimum atomic E-state index is -0.374. The summed E-state index contributed by atoms with van der Waals surface area (Å²) in [6.07, 6.45) is 3.42. The molecule has 1 amide bonds. The highest BCUT2D eigenvalue weighted by atomic mass is 32.1. The summed E-state index contributed by atoms with van der Waals surface area (Å²) in [6, 6.07) is 13.5. The number of hydrogen-bond donors (Lipinski definition) is 0. The van der Waals surface area contributed by atoms with Gasteiger partial charge in [-0.2, -0.15) is 0 Å². The van der Waals surface area contributed by atoms with E-state index in [-0.39, 0.29) is 11.7 Å². The second-order valence-corrected chi connectivity index (χ2v) is 7.69. The lowest BCUT2D eigenvalue weighted by Gasteiger charge is -2.20. The summed E-state index contributed by atoms with van der Waals surface area (Å²) >= 11 is 1.48. The van der Waals surface area contributed by atoms with Crippen molar-refractivity contribution in [1.82, 2.24) is 9.97 Å². The van der Waals surface area contributed by atoms with Crippen LogP contribution in [-0.4, -0.2) is 15.9 Å². The molecule has 0 aliphatic rings. The molecule has 2 aromatic heterocycles. The van der Waals surface area contributed by atoms with Gasteiger partial charge in [0.1, 0.15) is 5.82 Å². The molecule has 28 heavy (non-hydrogen) atoms. The van der Waals surface area contributed by atoms with Crippen LogP contribution in [0.25, 0.3) is 10.2 Å². The maximum Gasteiger partial charge on any atom is 0.260 e. The highest BCUT2D eigenvalue weighted by Gasteiger charge is 2.22. The van der Waals surface area contributed by atoms with E-state index < -0.39 is 0 Å². The lowest BCUT2D eigenvalue weighted by atomic mass is 10.1. The Bertz CT molecular complexity index is 1140. The molecule has 6 heteroatoms. The molecule has 2 heterocycles. The number of benzene rings is 2. The molecule has 4 nitrogen and oxygen atoms in total. The van der Waals surface area contributed by atoms with E-state index in [2.05, 4.69) is 17.1 Å². The number of hydrogen-bond acceptors (Lipinski definition) is 4. The zero-order valence-corrected chi connectivity index (χ0v) is 16.3. The van der Waals surface area contributed by atoms with Gasteiger partial charge in [-0.05, 0) is 66.9 Å². The Labute approximate surface area is 166 Å². The second kappa shape index (κ2) is 7.48. The number of rotatable bonds is 4. The van der Waals surface area contributed by atoms with E-state index >= 15 is 0 Å².